The summed E-state index contributed by atoms with van der Waals surface area (Å²) in [7, 11) is 0. The standard InChI is InChI=1S/C11H13ClO2S/c1-3-11(15-8(2)13)14-10-6-4-9(12)5-7-10/h4-7,11H,3H2,1-2H3. The fraction of sp³-hybridized carbons (Fsp3) is 0.364. The van der Waals surface area contributed by atoms with Crippen LogP contribution in [0.1, 0.15) is 20.3 Å². The molecule has 82 valence electrons. The van der Waals surface area contributed by atoms with Gasteiger partial charge in [0.1, 0.15) is 5.75 Å². The number of hydrogen-bond acceptors (Lipinski definition) is 3. The highest BCUT2D eigenvalue weighted by molar-refractivity contribution is 8.13. The van der Waals surface area contributed by atoms with E-state index < -0.39 is 0 Å². The lowest BCUT2D eigenvalue weighted by Crippen LogP contribution is -2.12. The van der Waals surface area contributed by atoms with E-state index >= 15 is 0 Å². The van der Waals surface area contributed by atoms with Gasteiger partial charge in [-0.2, -0.15) is 0 Å². The predicted octanol–water partition coefficient (Wildman–Crippen LogP) is 3.73. The van der Waals surface area contributed by atoms with Crippen molar-refractivity contribution in [2.45, 2.75) is 25.7 Å². The molecule has 1 aromatic carbocycles. The first-order valence-electron chi connectivity index (χ1n) is 4.71. The maximum Gasteiger partial charge on any atom is 0.189 e. The lowest BCUT2D eigenvalue weighted by molar-refractivity contribution is -0.109. The van der Waals surface area contributed by atoms with Gasteiger partial charge in [0, 0.05) is 11.9 Å². The molecule has 0 aromatic heterocycles. The van der Waals surface area contributed by atoms with Gasteiger partial charge in [-0.15, -0.1) is 0 Å². The monoisotopic (exact) mass is 244 g/mol. The van der Waals surface area contributed by atoms with Gasteiger partial charge in [0.25, 0.3) is 0 Å². The van der Waals surface area contributed by atoms with E-state index in [1.54, 1.807) is 31.2 Å². The molecule has 1 rings (SSSR count). The highest BCUT2D eigenvalue weighted by Gasteiger charge is 2.11. The zero-order chi connectivity index (χ0) is 11.3. The molecule has 0 fully saturated rings. The lowest BCUT2D eigenvalue weighted by atomic mass is 10.3. The van der Waals surface area contributed by atoms with Crippen molar-refractivity contribution >= 4 is 28.5 Å². The summed E-state index contributed by atoms with van der Waals surface area (Å²) in [5.74, 6) is 0.736. The van der Waals surface area contributed by atoms with Gasteiger partial charge in [-0.25, -0.2) is 0 Å². The third-order valence-electron chi connectivity index (χ3n) is 1.71. The Balaban J connectivity index is 2.58. The van der Waals surface area contributed by atoms with E-state index in [-0.39, 0.29) is 10.6 Å². The van der Waals surface area contributed by atoms with Crippen molar-refractivity contribution in [1.29, 1.82) is 0 Å². The molecular weight excluding hydrogens is 232 g/mol. The summed E-state index contributed by atoms with van der Waals surface area (Å²) in [5, 5.41) is 0.741. The summed E-state index contributed by atoms with van der Waals surface area (Å²) in [4.78, 5) is 10.9. The summed E-state index contributed by atoms with van der Waals surface area (Å²) in [6, 6.07) is 7.13. The Morgan fingerprint density at radius 2 is 2.07 bits per heavy atom. The van der Waals surface area contributed by atoms with Crippen LogP contribution < -0.4 is 4.74 Å². The van der Waals surface area contributed by atoms with Crippen LogP contribution >= 0.6 is 23.4 Å². The van der Waals surface area contributed by atoms with Crippen LogP contribution in [0.3, 0.4) is 0 Å². The minimum absolute atomic E-state index is 0.0656. The Morgan fingerprint density at radius 3 is 2.53 bits per heavy atom. The summed E-state index contributed by atoms with van der Waals surface area (Å²) >= 11 is 6.96. The SMILES string of the molecule is CCC(Oc1ccc(Cl)cc1)SC(C)=O. The highest BCUT2D eigenvalue weighted by Crippen LogP contribution is 2.22. The number of rotatable bonds is 4. The highest BCUT2D eigenvalue weighted by atomic mass is 35.5. The molecule has 0 bridgehead atoms. The Bertz CT molecular complexity index is 324. The minimum Gasteiger partial charge on any atom is -0.479 e. The van der Waals surface area contributed by atoms with Crippen molar-refractivity contribution in [3.05, 3.63) is 29.3 Å². The average molecular weight is 245 g/mol. The van der Waals surface area contributed by atoms with E-state index in [0.717, 1.165) is 12.2 Å². The van der Waals surface area contributed by atoms with Crippen molar-refractivity contribution in [2.75, 3.05) is 0 Å². The molecule has 1 aromatic rings. The van der Waals surface area contributed by atoms with Crippen LogP contribution in [-0.2, 0) is 4.79 Å². The first-order chi connectivity index (χ1) is 7.11. The molecule has 0 N–H and O–H groups in total. The van der Waals surface area contributed by atoms with Crippen molar-refractivity contribution in [2.24, 2.45) is 0 Å². The topological polar surface area (TPSA) is 26.3 Å². The number of thioether (sulfide) groups is 1. The maximum absolute atomic E-state index is 10.9. The van der Waals surface area contributed by atoms with E-state index in [4.69, 9.17) is 16.3 Å². The van der Waals surface area contributed by atoms with Crippen LogP contribution in [0.5, 0.6) is 5.75 Å². The third kappa shape index (κ3) is 4.58. The zero-order valence-corrected chi connectivity index (χ0v) is 10.3. The molecule has 0 aliphatic carbocycles. The van der Waals surface area contributed by atoms with Gasteiger partial charge < -0.3 is 4.74 Å². The molecule has 0 spiro atoms. The first-order valence-corrected chi connectivity index (χ1v) is 5.97. The number of carbonyl (C=O) groups is 1. The van der Waals surface area contributed by atoms with E-state index in [2.05, 4.69) is 0 Å². The molecule has 15 heavy (non-hydrogen) atoms. The maximum atomic E-state index is 10.9. The van der Waals surface area contributed by atoms with Gasteiger partial charge >= 0.3 is 0 Å². The molecule has 0 saturated carbocycles. The quantitative estimate of drug-likeness (QED) is 0.755. The van der Waals surface area contributed by atoms with E-state index in [0.29, 0.717) is 5.02 Å². The molecule has 0 heterocycles. The second-order valence-corrected chi connectivity index (χ2v) is 4.79. The van der Waals surface area contributed by atoms with E-state index in [1.165, 1.54) is 11.8 Å². The summed E-state index contributed by atoms with van der Waals surface area (Å²) < 4.78 is 5.61. The molecule has 0 aliphatic heterocycles. The van der Waals surface area contributed by atoms with Crippen LogP contribution in [0.25, 0.3) is 0 Å². The number of halogens is 1. The summed E-state index contributed by atoms with van der Waals surface area (Å²) in [5.41, 5.74) is -0.122. The van der Waals surface area contributed by atoms with Gasteiger partial charge in [0.15, 0.2) is 10.6 Å². The van der Waals surface area contributed by atoms with Crippen molar-refractivity contribution in [1.82, 2.24) is 0 Å². The largest absolute Gasteiger partial charge is 0.479 e. The van der Waals surface area contributed by atoms with Gasteiger partial charge in [-0.1, -0.05) is 18.5 Å². The fourth-order valence-corrected chi connectivity index (χ4v) is 1.86. The second-order valence-electron chi connectivity index (χ2n) is 3.02. The molecule has 0 amide bonds. The van der Waals surface area contributed by atoms with Crippen molar-refractivity contribution < 1.29 is 9.53 Å². The van der Waals surface area contributed by atoms with Crippen molar-refractivity contribution in [3.8, 4) is 5.75 Å². The average Bonchev–Trinajstić information content (AvgIpc) is 2.19. The normalized spacial score (nSPS) is 12.2. The second kappa shape index (κ2) is 6.03. The molecule has 2 nitrogen and oxygen atoms in total. The third-order valence-corrected chi connectivity index (χ3v) is 2.99. The minimum atomic E-state index is -0.122. The van der Waals surface area contributed by atoms with Crippen molar-refractivity contribution in [3.63, 3.8) is 0 Å². The molecule has 0 aliphatic rings. The molecule has 0 saturated heterocycles. The smallest absolute Gasteiger partial charge is 0.189 e. The Hall–Kier alpha value is -0.670. The van der Waals surface area contributed by atoms with Crippen LogP contribution in [0.2, 0.25) is 5.02 Å². The summed E-state index contributed by atoms with van der Waals surface area (Å²) in [6.07, 6.45) is 0.785. The van der Waals surface area contributed by atoms with Gasteiger partial charge in [0.05, 0.1) is 0 Å². The van der Waals surface area contributed by atoms with E-state index in [9.17, 15) is 4.79 Å². The predicted molar refractivity (Wildman–Crippen MR) is 64.4 cm³/mol. The van der Waals surface area contributed by atoms with Crippen LogP contribution in [0.4, 0.5) is 0 Å². The van der Waals surface area contributed by atoms with Crippen LogP contribution in [-0.4, -0.2) is 10.6 Å². The molecule has 1 atom stereocenters. The Kier molecular flexibility index (Phi) is 4.99. The fourth-order valence-electron chi connectivity index (χ4n) is 1.04. The molecular formula is C11H13ClO2S. The molecule has 4 heteroatoms. The number of hydrogen-bond donors (Lipinski definition) is 0. The molecule has 1 unspecified atom stereocenters. The molecule has 0 radical (unpaired) electrons. The van der Waals surface area contributed by atoms with Crippen LogP contribution in [0.15, 0.2) is 24.3 Å². The Labute approximate surface area is 99.0 Å². The van der Waals surface area contributed by atoms with Crippen LogP contribution in [0, 0.1) is 0 Å². The lowest BCUT2D eigenvalue weighted by Gasteiger charge is -2.15. The Morgan fingerprint density at radius 1 is 1.47 bits per heavy atom. The first kappa shape index (κ1) is 12.4. The summed E-state index contributed by atoms with van der Waals surface area (Å²) in [6.45, 7) is 3.52. The number of carbonyl (C=O) groups excluding carboxylic acids is 1. The van der Waals surface area contributed by atoms with Gasteiger partial charge in [-0.05, 0) is 42.4 Å². The number of ether oxygens (including phenoxy) is 1. The van der Waals surface area contributed by atoms with Gasteiger partial charge in [-0.3, -0.25) is 4.79 Å². The van der Waals surface area contributed by atoms with Gasteiger partial charge in [0.2, 0.25) is 0 Å². The zero-order valence-electron chi connectivity index (χ0n) is 8.70. The van der Waals surface area contributed by atoms with E-state index in [1.807, 2.05) is 6.92 Å². The number of benzene rings is 1.